The summed E-state index contributed by atoms with van der Waals surface area (Å²) < 4.78 is 20.4. The molecule has 0 radical (unpaired) electrons. The van der Waals surface area contributed by atoms with Crippen LogP contribution in [0.1, 0.15) is 24.7 Å². The number of alkyl halides is 1. The second kappa shape index (κ2) is 14.1. The van der Waals surface area contributed by atoms with Crippen LogP contribution in [-0.4, -0.2) is 114 Å². The van der Waals surface area contributed by atoms with Gasteiger partial charge in [-0.2, -0.15) is 5.10 Å². The third kappa shape index (κ3) is 7.89. The maximum atomic E-state index is 13.5. The molecule has 0 unspecified atom stereocenters. The van der Waals surface area contributed by atoms with Crippen LogP contribution in [0.25, 0.3) is 0 Å². The average molecular weight is 537 g/mol. The largest absolute Gasteiger partial charge is 0.497 e. The van der Waals surface area contributed by atoms with Gasteiger partial charge in [0.25, 0.3) is 0 Å². The predicted octanol–water partition coefficient (Wildman–Crippen LogP) is 3.13. The molecule has 2 aliphatic heterocycles. The van der Waals surface area contributed by atoms with Gasteiger partial charge in [0, 0.05) is 58.9 Å². The fourth-order valence-electron chi connectivity index (χ4n) is 4.92. The van der Waals surface area contributed by atoms with Crippen molar-refractivity contribution < 1.29 is 13.9 Å². The molecule has 0 bridgehead atoms. The predicted molar refractivity (Wildman–Crippen MR) is 146 cm³/mol. The normalized spacial score (nSPS) is 20.9. The molecule has 1 aromatic rings. The number of allylic oxidation sites excluding steroid dienone is 3. The van der Waals surface area contributed by atoms with Crippen molar-refractivity contribution in [2.75, 3.05) is 73.1 Å². The topological polar surface area (TPSA) is 57.1 Å². The van der Waals surface area contributed by atoms with Crippen LogP contribution in [0, 0.1) is 6.92 Å². The Morgan fingerprint density at radius 2 is 1.89 bits per heavy atom. The highest BCUT2D eigenvalue weighted by atomic mass is 35.5. The zero-order valence-electron chi connectivity index (χ0n) is 22.8. The van der Waals surface area contributed by atoms with Crippen molar-refractivity contribution in [3.63, 3.8) is 0 Å². The van der Waals surface area contributed by atoms with Gasteiger partial charge in [-0.3, -0.25) is 19.3 Å². The number of carbonyl (C=O) groups excluding carboxylic acids is 1. The van der Waals surface area contributed by atoms with Gasteiger partial charge in [0.2, 0.25) is 5.91 Å². The number of carbonyl (C=O) groups is 1. The minimum atomic E-state index is -0.745. The molecule has 0 N–H and O–H groups in total. The number of hydrogen-bond acceptors (Lipinski definition) is 6. The summed E-state index contributed by atoms with van der Waals surface area (Å²) in [6, 6.07) is 0.0495. The molecule has 37 heavy (non-hydrogen) atoms. The summed E-state index contributed by atoms with van der Waals surface area (Å²) in [6.45, 7) is 14.7. The van der Waals surface area contributed by atoms with Gasteiger partial charge in [-0.25, -0.2) is 4.39 Å². The van der Waals surface area contributed by atoms with Gasteiger partial charge in [-0.15, -0.1) is 6.58 Å². The molecule has 2 saturated heterocycles. The van der Waals surface area contributed by atoms with E-state index in [9.17, 15) is 9.18 Å². The molecule has 1 aromatic heterocycles. The van der Waals surface area contributed by atoms with Crippen molar-refractivity contribution in [3.05, 3.63) is 52.5 Å². The number of halogens is 2. The summed E-state index contributed by atoms with van der Waals surface area (Å²) in [5.41, 5.74) is 1.89. The molecule has 8 nitrogen and oxygen atoms in total. The van der Waals surface area contributed by atoms with Crippen molar-refractivity contribution in [2.24, 2.45) is 0 Å². The Balaban J connectivity index is 1.72. The molecule has 2 aliphatic rings. The van der Waals surface area contributed by atoms with Crippen LogP contribution in [0.4, 0.5) is 4.39 Å². The number of likely N-dealkylation sites (N-methyl/N-ethyl adjacent to an activating group) is 1. The lowest BCUT2D eigenvalue weighted by atomic mass is 10.1. The van der Waals surface area contributed by atoms with Gasteiger partial charge in [0.05, 0.1) is 23.9 Å². The molecule has 3 heterocycles. The minimum absolute atomic E-state index is 0.0113. The van der Waals surface area contributed by atoms with Crippen LogP contribution in [0.2, 0.25) is 5.02 Å². The van der Waals surface area contributed by atoms with E-state index < -0.39 is 6.67 Å². The first-order chi connectivity index (χ1) is 17.8. The second-order valence-electron chi connectivity index (χ2n) is 9.93. The number of rotatable bonds is 11. The smallest absolute Gasteiger partial charge is 0.244 e. The van der Waals surface area contributed by atoms with Crippen LogP contribution < -0.4 is 0 Å². The molecule has 0 aliphatic carbocycles. The summed E-state index contributed by atoms with van der Waals surface area (Å²) in [7, 11) is 3.84. The van der Waals surface area contributed by atoms with Gasteiger partial charge in [-0.1, -0.05) is 23.8 Å². The maximum Gasteiger partial charge on any atom is 0.244 e. The van der Waals surface area contributed by atoms with E-state index in [0.717, 1.165) is 70.1 Å². The molecular formula is C27H42ClFN6O2. The molecule has 1 amide bonds. The van der Waals surface area contributed by atoms with Gasteiger partial charge in [0.15, 0.2) is 0 Å². The highest BCUT2D eigenvalue weighted by molar-refractivity contribution is 6.31. The zero-order valence-corrected chi connectivity index (χ0v) is 23.5. The molecule has 3 rings (SSSR count). The van der Waals surface area contributed by atoms with Gasteiger partial charge in [0.1, 0.15) is 24.7 Å². The Kier molecular flexibility index (Phi) is 11.2. The number of piperazine rings is 2. The molecule has 2 fully saturated rings. The maximum absolute atomic E-state index is 13.5. The van der Waals surface area contributed by atoms with E-state index in [4.69, 9.17) is 16.3 Å². The fraction of sp³-hybridized carbons (Fsp3) is 0.630. The first-order valence-corrected chi connectivity index (χ1v) is 13.4. The van der Waals surface area contributed by atoms with Crippen LogP contribution in [0.5, 0.6) is 0 Å². The summed E-state index contributed by atoms with van der Waals surface area (Å²) in [6.07, 6.45) is 6.89. The summed E-state index contributed by atoms with van der Waals surface area (Å²) >= 11 is 6.20. The van der Waals surface area contributed by atoms with Crippen LogP contribution in [0.15, 0.2) is 36.1 Å². The number of nitrogens with zero attached hydrogens (tertiary/aromatic N) is 6. The van der Waals surface area contributed by atoms with E-state index >= 15 is 0 Å². The summed E-state index contributed by atoms with van der Waals surface area (Å²) in [5.74, 6) is 0.855. The summed E-state index contributed by atoms with van der Waals surface area (Å²) in [4.78, 5) is 22.6. The number of amides is 1. The van der Waals surface area contributed by atoms with E-state index in [2.05, 4.69) is 45.6 Å². The van der Waals surface area contributed by atoms with Crippen LogP contribution in [-0.2, 0) is 22.8 Å². The van der Waals surface area contributed by atoms with Crippen molar-refractivity contribution in [3.8, 4) is 0 Å². The van der Waals surface area contributed by atoms with E-state index in [1.807, 2.05) is 17.9 Å². The lowest BCUT2D eigenvalue weighted by Crippen LogP contribution is -2.60. The fourth-order valence-corrected chi connectivity index (χ4v) is 5.11. The van der Waals surface area contributed by atoms with Gasteiger partial charge >= 0.3 is 0 Å². The summed E-state index contributed by atoms with van der Waals surface area (Å²) in [5, 5.41) is 4.52. The first kappa shape index (κ1) is 29.4. The van der Waals surface area contributed by atoms with Crippen molar-refractivity contribution in [1.82, 2.24) is 29.4 Å². The molecule has 206 valence electrons. The van der Waals surface area contributed by atoms with Crippen molar-refractivity contribution in [2.45, 2.75) is 39.5 Å². The SMILES string of the molecule is C=CC/C=C(C)\C(=C/CN1CCN(C(=O)Cn2nc(CF)c(Cl)c2C)[C@@H](CN2CCN(C)CC2)C1)OC. The van der Waals surface area contributed by atoms with E-state index in [1.165, 1.54) is 4.68 Å². The average Bonchev–Trinajstić information content (AvgIpc) is 3.16. The zero-order chi connectivity index (χ0) is 26.9. The highest BCUT2D eigenvalue weighted by Crippen LogP contribution is 2.22. The lowest BCUT2D eigenvalue weighted by molar-refractivity contribution is -0.137. The van der Waals surface area contributed by atoms with E-state index in [-0.39, 0.29) is 24.2 Å². The highest BCUT2D eigenvalue weighted by Gasteiger charge is 2.32. The Morgan fingerprint density at radius 3 is 2.51 bits per heavy atom. The molecule has 0 aromatic carbocycles. The Labute approximate surface area is 225 Å². The number of hydrogen-bond donors (Lipinski definition) is 0. The number of ether oxygens (including phenoxy) is 1. The van der Waals surface area contributed by atoms with E-state index in [0.29, 0.717) is 17.3 Å². The van der Waals surface area contributed by atoms with Crippen molar-refractivity contribution in [1.29, 1.82) is 0 Å². The third-order valence-corrected chi connectivity index (χ3v) is 7.79. The Hall–Kier alpha value is -2.20. The van der Waals surface area contributed by atoms with E-state index in [1.54, 1.807) is 14.0 Å². The number of methoxy groups -OCH3 is 1. The van der Waals surface area contributed by atoms with Gasteiger partial charge in [-0.05, 0) is 39.0 Å². The van der Waals surface area contributed by atoms with Crippen LogP contribution in [0.3, 0.4) is 0 Å². The van der Waals surface area contributed by atoms with Gasteiger partial charge < -0.3 is 14.5 Å². The molecular weight excluding hydrogens is 495 g/mol. The molecule has 0 saturated carbocycles. The lowest BCUT2D eigenvalue weighted by Gasteiger charge is -2.44. The third-order valence-electron chi connectivity index (χ3n) is 7.30. The Bertz CT molecular complexity index is 986. The standard InChI is InChI=1S/C27H42ClFN6O2/c1-6-7-8-21(2)25(37-5)9-10-32-15-16-34(23(18-32)19-33-13-11-31(4)12-14-33)26(36)20-35-22(3)27(28)24(17-29)30-35/h6,8-9,23H,1,7,10-20H2,2-5H3/b21-8-,25-9+/t23-/m1/s1. The monoisotopic (exact) mass is 536 g/mol. The first-order valence-electron chi connectivity index (χ1n) is 13.0. The minimum Gasteiger partial charge on any atom is -0.497 e. The molecule has 10 heteroatoms. The van der Waals surface area contributed by atoms with Crippen molar-refractivity contribution >= 4 is 17.5 Å². The molecule has 1 atom stereocenters. The molecule has 0 spiro atoms. The van der Waals surface area contributed by atoms with Crippen LogP contribution >= 0.6 is 11.6 Å². The Morgan fingerprint density at radius 1 is 1.19 bits per heavy atom. The quantitative estimate of drug-likeness (QED) is 0.246. The second-order valence-corrected chi connectivity index (χ2v) is 10.3. The number of aromatic nitrogens is 2.